The molecule has 0 N–H and O–H groups in total. The van der Waals surface area contributed by atoms with Gasteiger partial charge in [-0.3, -0.25) is 0 Å². The molecule has 5 heteroatoms. The van der Waals surface area contributed by atoms with Crippen LogP contribution in [-0.4, -0.2) is 8.32 Å². The third-order valence-corrected chi connectivity index (χ3v) is 2.62. The van der Waals surface area contributed by atoms with Gasteiger partial charge in [0.25, 0.3) is 0 Å². The molecule has 0 saturated carbocycles. The smallest absolute Gasteiger partial charge is 0.242 e. The van der Waals surface area contributed by atoms with Gasteiger partial charge in [0.15, 0.2) is 5.82 Å². The van der Waals surface area contributed by atoms with Gasteiger partial charge in [0.2, 0.25) is 8.32 Å². The molecular formula is C11H13F2NOSi. The number of halogens is 2. The molecule has 16 heavy (non-hydrogen) atoms. The molecule has 0 atom stereocenters. The van der Waals surface area contributed by atoms with Crippen LogP contribution in [0.15, 0.2) is 12.1 Å². The Hall–Kier alpha value is -1.41. The highest BCUT2D eigenvalue weighted by Gasteiger charge is 2.20. The summed E-state index contributed by atoms with van der Waals surface area (Å²) in [6.45, 7) is 5.65. The van der Waals surface area contributed by atoms with Crippen molar-refractivity contribution in [3.05, 3.63) is 29.3 Å². The van der Waals surface area contributed by atoms with E-state index in [1.54, 1.807) is 6.07 Å². The summed E-state index contributed by atoms with van der Waals surface area (Å²) in [6.07, 6.45) is -0.143. The molecule has 0 aliphatic rings. The van der Waals surface area contributed by atoms with Crippen molar-refractivity contribution in [2.24, 2.45) is 0 Å². The first-order valence-electron chi connectivity index (χ1n) is 4.87. The lowest BCUT2D eigenvalue weighted by molar-refractivity contribution is 0.484. The maximum Gasteiger partial charge on any atom is 0.242 e. The van der Waals surface area contributed by atoms with Crippen molar-refractivity contribution in [2.75, 3.05) is 0 Å². The Labute approximate surface area is 94.6 Å². The molecule has 1 rings (SSSR count). The highest BCUT2D eigenvalue weighted by atomic mass is 28.4. The van der Waals surface area contributed by atoms with E-state index in [1.807, 2.05) is 19.6 Å². The van der Waals surface area contributed by atoms with E-state index in [1.165, 1.54) is 0 Å². The van der Waals surface area contributed by atoms with E-state index in [0.29, 0.717) is 0 Å². The number of benzene rings is 1. The van der Waals surface area contributed by atoms with Gasteiger partial charge in [0.05, 0.1) is 12.5 Å². The second kappa shape index (κ2) is 4.62. The lowest BCUT2D eigenvalue weighted by Gasteiger charge is -2.19. The summed E-state index contributed by atoms with van der Waals surface area (Å²) in [5.74, 6) is -1.29. The molecule has 2 nitrogen and oxygen atoms in total. The number of rotatable bonds is 3. The molecule has 0 saturated heterocycles. The van der Waals surface area contributed by atoms with Crippen LogP contribution in [-0.2, 0) is 6.42 Å². The van der Waals surface area contributed by atoms with Gasteiger partial charge in [-0.05, 0) is 25.7 Å². The average Bonchev–Trinajstić information content (AvgIpc) is 2.11. The number of hydrogen-bond acceptors (Lipinski definition) is 2. The standard InChI is InChI=1S/C11H13F2NOSi/c1-16(2,3)15-11-7-9(12)8(4-5-14)6-10(11)13/h6-7H,4H2,1-3H3. The molecule has 0 fully saturated rings. The van der Waals surface area contributed by atoms with E-state index < -0.39 is 20.0 Å². The predicted octanol–water partition coefficient (Wildman–Crippen LogP) is 3.24. The summed E-state index contributed by atoms with van der Waals surface area (Å²) >= 11 is 0. The van der Waals surface area contributed by atoms with Gasteiger partial charge in [-0.15, -0.1) is 0 Å². The second-order valence-corrected chi connectivity index (χ2v) is 8.85. The predicted molar refractivity (Wildman–Crippen MR) is 59.6 cm³/mol. The first-order valence-corrected chi connectivity index (χ1v) is 8.28. The Bertz CT molecular complexity index is 435. The van der Waals surface area contributed by atoms with Crippen LogP contribution < -0.4 is 4.43 Å². The van der Waals surface area contributed by atoms with E-state index >= 15 is 0 Å². The molecule has 0 aromatic heterocycles. The maximum atomic E-state index is 13.5. The molecule has 0 aliphatic heterocycles. The van der Waals surface area contributed by atoms with Crippen LogP contribution in [0.2, 0.25) is 19.6 Å². The molecule has 1 aromatic carbocycles. The van der Waals surface area contributed by atoms with E-state index in [9.17, 15) is 8.78 Å². The van der Waals surface area contributed by atoms with E-state index in [0.717, 1.165) is 12.1 Å². The molecule has 0 radical (unpaired) electrons. The Balaban J connectivity index is 3.07. The van der Waals surface area contributed by atoms with Crippen molar-refractivity contribution in [3.8, 4) is 11.8 Å². The molecule has 0 bridgehead atoms. The van der Waals surface area contributed by atoms with Crippen LogP contribution in [0, 0.1) is 23.0 Å². The zero-order valence-electron chi connectivity index (χ0n) is 9.47. The van der Waals surface area contributed by atoms with Crippen molar-refractivity contribution < 1.29 is 13.2 Å². The van der Waals surface area contributed by atoms with Crippen LogP contribution in [0.4, 0.5) is 8.78 Å². The quantitative estimate of drug-likeness (QED) is 0.761. The van der Waals surface area contributed by atoms with Crippen molar-refractivity contribution in [1.82, 2.24) is 0 Å². The van der Waals surface area contributed by atoms with Gasteiger partial charge in [-0.25, -0.2) is 8.78 Å². The van der Waals surface area contributed by atoms with E-state index in [2.05, 4.69) is 0 Å². The Morgan fingerprint density at radius 2 is 1.88 bits per heavy atom. The fourth-order valence-electron chi connectivity index (χ4n) is 1.20. The van der Waals surface area contributed by atoms with Gasteiger partial charge in [0.1, 0.15) is 11.6 Å². The molecular weight excluding hydrogens is 228 g/mol. The summed E-state index contributed by atoms with van der Waals surface area (Å²) in [5.41, 5.74) is 0.0583. The fraction of sp³-hybridized carbons (Fsp3) is 0.364. The lowest BCUT2D eigenvalue weighted by Crippen LogP contribution is -2.29. The number of nitriles is 1. The second-order valence-electron chi connectivity index (χ2n) is 4.42. The summed E-state index contributed by atoms with van der Waals surface area (Å²) in [6, 6.07) is 3.82. The minimum absolute atomic E-state index is 0.0583. The first kappa shape index (κ1) is 12.7. The van der Waals surface area contributed by atoms with Crippen molar-refractivity contribution >= 4 is 8.32 Å². The van der Waals surface area contributed by atoms with E-state index in [4.69, 9.17) is 9.69 Å². The van der Waals surface area contributed by atoms with Crippen molar-refractivity contribution in [3.63, 3.8) is 0 Å². The van der Waals surface area contributed by atoms with Crippen LogP contribution in [0.1, 0.15) is 5.56 Å². The Kier molecular flexibility index (Phi) is 3.65. The van der Waals surface area contributed by atoms with Gasteiger partial charge in [-0.2, -0.15) is 5.26 Å². The molecule has 86 valence electrons. The summed E-state index contributed by atoms with van der Waals surface area (Å²) < 4.78 is 32.3. The van der Waals surface area contributed by atoms with Crippen LogP contribution in [0.25, 0.3) is 0 Å². The van der Waals surface area contributed by atoms with Gasteiger partial charge < -0.3 is 4.43 Å². The number of hydrogen-bond donors (Lipinski definition) is 0. The first-order chi connectivity index (χ1) is 7.33. The molecule has 0 spiro atoms. The van der Waals surface area contributed by atoms with Gasteiger partial charge in [0, 0.05) is 11.6 Å². The summed E-state index contributed by atoms with van der Waals surface area (Å²) in [4.78, 5) is 0. The molecule has 0 heterocycles. The largest absolute Gasteiger partial charge is 0.542 e. The summed E-state index contributed by atoms with van der Waals surface area (Å²) in [5, 5.41) is 8.43. The number of nitrogens with zero attached hydrogens (tertiary/aromatic N) is 1. The van der Waals surface area contributed by atoms with Gasteiger partial charge in [-0.1, -0.05) is 0 Å². The summed E-state index contributed by atoms with van der Waals surface area (Å²) in [7, 11) is -1.96. The SMILES string of the molecule is C[Si](C)(C)Oc1cc(F)c(CC#N)cc1F. The monoisotopic (exact) mass is 241 g/mol. The lowest BCUT2D eigenvalue weighted by atomic mass is 10.1. The zero-order valence-corrected chi connectivity index (χ0v) is 10.5. The Morgan fingerprint density at radius 1 is 1.25 bits per heavy atom. The minimum Gasteiger partial charge on any atom is -0.542 e. The molecule has 0 aliphatic carbocycles. The van der Waals surface area contributed by atoms with Gasteiger partial charge >= 0.3 is 0 Å². The van der Waals surface area contributed by atoms with E-state index in [-0.39, 0.29) is 17.7 Å². The Morgan fingerprint density at radius 3 is 2.38 bits per heavy atom. The topological polar surface area (TPSA) is 33.0 Å². The molecule has 0 unspecified atom stereocenters. The zero-order chi connectivity index (χ0) is 12.3. The fourth-order valence-corrected chi connectivity index (χ4v) is 2.01. The van der Waals surface area contributed by atoms with Crippen LogP contribution in [0.5, 0.6) is 5.75 Å². The highest BCUT2D eigenvalue weighted by molar-refractivity contribution is 6.70. The van der Waals surface area contributed by atoms with Crippen LogP contribution in [0.3, 0.4) is 0 Å². The third kappa shape index (κ3) is 3.31. The van der Waals surface area contributed by atoms with Crippen molar-refractivity contribution in [1.29, 1.82) is 5.26 Å². The maximum absolute atomic E-state index is 13.5. The normalized spacial score (nSPS) is 11.0. The average molecular weight is 241 g/mol. The molecule has 0 amide bonds. The third-order valence-electron chi connectivity index (χ3n) is 1.79. The highest BCUT2D eigenvalue weighted by Crippen LogP contribution is 2.24. The van der Waals surface area contributed by atoms with Crippen molar-refractivity contribution in [2.45, 2.75) is 26.1 Å². The molecule has 1 aromatic rings. The van der Waals surface area contributed by atoms with Crippen LogP contribution >= 0.6 is 0 Å². The minimum atomic E-state index is -1.96.